The number of carbonyl (C=O) groups is 2. The molecule has 9 heteroatoms. The Morgan fingerprint density at radius 3 is 2.49 bits per heavy atom. The number of para-hydroxylation sites is 1. The second-order valence-corrected chi connectivity index (χ2v) is 8.82. The molecule has 2 aromatic heterocycles. The first-order valence-electron chi connectivity index (χ1n) is 11.3. The maximum Gasteiger partial charge on any atom is 0.262 e. The van der Waals surface area contributed by atoms with Crippen LogP contribution in [0.25, 0.3) is 10.9 Å². The van der Waals surface area contributed by atoms with Crippen LogP contribution in [0.1, 0.15) is 24.2 Å². The van der Waals surface area contributed by atoms with Gasteiger partial charge in [0.2, 0.25) is 11.8 Å². The molecule has 0 spiro atoms. The maximum absolute atomic E-state index is 13.2. The molecule has 180 valence electrons. The molecule has 35 heavy (non-hydrogen) atoms. The lowest BCUT2D eigenvalue weighted by Gasteiger charge is -2.13. The molecule has 8 nitrogen and oxygen atoms in total. The van der Waals surface area contributed by atoms with Gasteiger partial charge in [0.1, 0.15) is 5.76 Å². The molecule has 0 aliphatic carbocycles. The molecule has 0 bridgehead atoms. The summed E-state index contributed by atoms with van der Waals surface area (Å²) in [6.45, 7) is 1.08. The standard InChI is InChI=1S/C26H26N4O4S/c31-23(28-17-20-10-7-15-34-20)13-6-14-30-25(33)21-11-4-5-12-22(21)29-26(30)35-18-24(32)27-16-19-8-2-1-3-9-19/h1-5,7-12,15H,6,13-14,16-18H2,(H,27,32)(H,28,31). The summed E-state index contributed by atoms with van der Waals surface area (Å²) >= 11 is 1.21. The molecule has 0 aliphatic heterocycles. The zero-order chi connectivity index (χ0) is 24.5. The second kappa shape index (κ2) is 12.0. The molecule has 2 aromatic carbocycles. The maximum atomic E-state index is 13.2. The minimum Gasteiger partial charge on any atom is -0.467 e. The number of thioether (sulfide) groups is 1. The van der Waals surface area contributed by atoms with Crippen molar-refractivity contribution in [2.75, 3.05) is 5.75 Å². The van der Waals surface area contributed by atoms with Gasteiger partial charge in [-0.05, 0) is 36.2 Å². The van der Waals surface area contributed by atoms with Crippen molar-refractivity contribution in [2.45, 2.75) is 37.6 Å². The fraction of sp³-hybridized carbons (Fsp3) is 0.231. The normalized spacial score (nSPS) is 10.9. The number of benzene rings is 2. The largest absolute Gasteiger partial charge is 0.467 e. The molecule has 0 radical (unpaired) electrons. The van der Waals surface area contributed by atoms with Crippen molar-refractivity contribution in [3.63, 3.8) is 0 Å². The van der Waals surface area contributed by atoms with E-state index in [2.05, 4.69) is 15.6 Å². The van der Waals surface area contributed by atoms with E-state index >= 15 is 0 Å². The number of hydrogen-bond donors (Lipinski definition) is 2. The van der Waals surface area contributed by atoms with Crippen molar-refractivity contribution in [3.05, 3.63) is 94.7 Å². The third-order valence-corrected chi connectivity index (χ3v) is 6.29. The van der Waals surface area contributed by atoms with Crippen LogP contribution in [0.15, 0.2) is 87.4 Å². The highest BCUT2D eigenvalue weighted by Crippen LogP contribution is 2.18. The van der Waals surface area contributed by atoms with Crippen molar-refractivity contribution in [3.8, 4) is 0 Å². The minimum absolute atomic E-state index is 0.126. The number of rotatable bonds is 11. The van der Waals surface area contributed by atoms with E-state index < -0.39 is 0 Å². The fourth-order valence-corrected chi connectivity index (χ4v) is 4.37. The van der Waals surface area contributed by atoms with Crippen molar-refractivity contribution in [2.24, 2.45) is 0 Å². The van der Waals surface area contributed by atoms with Gasteiger partial charge in [0.15, 0.2) is 5.16 Å². The van der Waals surface area contributed by atoms with Gasteiger partial charge in [-0.15, -0.1) is 0 Å². The third kappa shape index (κ3) is 6.83. The van der Waals surface area contributed by atoms with Gasteiger partial charge in [-0.1, -0.05) is 54.2 Å². The van der Waals surface area contributed by atoms with E-state index in [1.807, 2.05) is 36.4 Å². The summed E-state index contributed by atoms with van der Waals surface area (Å²) in [5.41, 5.74) is 1.41. The number of amides is 2. The quantitative estimate of drug-likeness (QED) is 0.246. The SMILES string of the molecule is O=C(CCCn1c(SCC(=O)NCc2ccccc2)nc2ccccc2c1=O)NCc1ccco1. The van der Waals surface area contributed by atoms with E-state index in [4.69, 9.17) is 4.42 Å². The predicted molar refractivity (Wildman–Crippen MR) is 135 cm³/mol. The Labute approximate surface area is 206 Å². The number of furan rings is 1. The van der Waals surface area contributed by atoms with Crippen LogP contribution in [-0.4, -0.2) is 27.1 Å². The van der Waals surface area contributed by atoms with Crippen molar-refractivity contribution in [1.82, 2.24) is 20.2 Å². The zero-order valence-corrected chi connectivity index (χ0v) is 19.9. The highest BCUT2D eigenvalue weighted by Gasteiger charge is 2.14. The molecule has 4 aromatic rings. The summed E-state index contributed by atoms with van der Waals surface area (Å²) in [7, 11) is 0. The van der Waals surface area contributed by atoms with E-state index in [0.29, 0.717) is 47.9 Å². The number of nitrogens with zero attached hydrogens (tertiary/aromatic N) is 2. The number of hydrogen-bond acceptors (Lipinski definition) is 6. The highest BCUT2D eigenvalue weighted by atomic mass is 32.2. The van der Waals surface area contributed by atoms with Gasteiger partial charge in [-0.2, -0.15) is 0 Å². The molecule has 2 N–H and O–H groups in total. The van der Waals surface area contributed by atoms with Crippen molar-refractivity contribution in [1.29, 1.82) is 0 Å². The van der Waals surface area contributed by atoms with E-state index in [1.165, 1.54) is 11.8 Å². The van der Waals surface area contributed by atoms with Gasteiger partial charge in [-0.25, -0.2) is 4.98 Å². The zero-order valence-electron chi connectivity index (χ0n) is 19.1. The van der Waals surface area contributed by atoms with Gasteiger partial charge in [-0.3, -0.25) is 19.0 Å². The van der Waals surface area contributed by atoms with Crippen LogP contribution in [0.4, 0.5) is 0 Å². The van der Waals surface area contributed by atoms with Crippen LogP contribution < -0.4 is 16.2 Å². The van der Waals surface area contributed by atoms with Crippen LogP contribution in [-0.2, 0) is 29.2 Å². The number of aromatic nitrogens is 2. The molecule has 4 rings (SSSR count). The lowest BCUT2D eigenvalue weighted by molar-refractivity contribution is -0.121. The smallest absolute Gasteiger partial charge is 0.262 e. The van der Waals surface area contributed by atoms with Crippen LogP contribution >= 0.6 is 11.8 Å². The predicted octanol–water partition coefficient (Wildman–Crippen LogP) is 3.49. The molecule has 2 amide bonds. The Morgan fingerprint density at radius 2 is 1.69 bits per heavy atom. The number of fused-ring (bicyclic) bond motifs is 1. The third-order valence-electron chi connectivity index (χ3n) is 5.32. The van der Waals surface area contributed by atoms with Gasteiger partial charge in [0, 0.05) is 19.5 Å². The average Bonchev–Trinajstić information content (AvgIpc) is 3.41. The minimum atomic E-state index is -0.182. The van der Waals surface area contributed by atoms with Gasteiger partial charge in [0.05, 0.1) is 29.5 Å². The van der Waals surface area contributed by atoms with Gasteiger partial charge >= 0.3 is 0 Å². The van der Waals surface area contributed by atoms with Crippen molar-refractivity contribution < 1.29 is 14.0 Å². The topological polar surface area (TPSA) is 106 Å². The van der Waals surface area contributed by atoms with E-state index in [-0.39, 0.29) is 29.5 Å². The summed E-state index contributed by atoms with van der Waals surface area (Å²) in [5.74, 6) is 0.529. The van der Waals surface area contributed by atoms with E-state index in [9.17, 15) is 14.4 Å². The molecule has 0 saturated carbocycles. The molecule has 0 saturated heterocycles. The molecule has 0 aliphatic rings. The highest BCUT2D eigenvalue weighted by molar-refractivity contribution is 7.99. The summed E-state index contributed by atoms with van der Waals surface area (Å²) in [5, 5.41) is 6.66. The number of nitrogens with one attached hydrogen (secondary N) is 2. The first-order chi connectivity index (χ1) is 17.1. The second-order valence-electron chi connectivity index (χ2n) is 7.88. The van der Waals surface area contributed by atoms with Crippen LogP contribution in [0.5, 0.6) is 0 Å². The fourth-order valence-electron chi connectivity index (χ4n) is 3.52. The monoisotopic (exact) mass is 490 g/mol. The van der Waals surface area contributed by atoms with Gasteiger partial charge < -0.3 is 15.1 Å². The molecule has 0 fully saturated rings. The summed E-state index contributed by atoms with van der Waals surface area (Å²) in [6, 6.07) is 20.3. The Hall–Kier alpha value is -3.85. The lowest BCUT2D eigenvalue weighted by Crippen LogP contribution is -2.27. The Morgan fingerprint density at radius 1 is 0.914 bits per heavy atom. The molecule has 2 heterocycles. The average molecular weight is 491 g/mol. The Balaban J connectivity index is 1.38. The molecule has 0 unspecified atom stereocenters. The van der Waals surface area contributed by atoms with Gasteiger partial charge in [0.25, 0.3) is 5.56 Å². The summed E-state index contributed by atoms with van der Waals surface area (Å²) in [6.07, 6.45) is 2.26. The van der Waals surface area contributed by atoms with Crippen LogP contribution in [0.3, 0.4) is 0 Å². The first kappa shape index (κ1) is 24.3. The summed E-state index contributed by atoms with van der Waals surface area (Å²) < 4.78 is 6.77. The lowest BCUT2D eigenvalue weighted by atomic mass is 10.2. The van der Waals surface area contributed by atoms with Crippen LogP contribution in [0, 0.1) is 0 Å². The Bertz CT molecular complexity index is 1340. The molecule has 0 atom stereocenters. The number of carbonyl (C=O) groups excluding carboxylic acids is 2. The van der Waals surface area contributed by atoms with Crippen LogP contribution in [0.2, 0.25) is 0 Å². The van der Waals surface area contributed by atoms with E-state index in [0.717, 1.165) is 5.56 Å². The van der Waals surface area contributed by atoms with Crippen molar-refractivity contribution >= 4 is 34.5 Å². The van der Waals surface area contributed by atoms with E-state index in [1.54, 1.807) is 41.2 Å². The molecular weight excluding hydrogens is 464 g/mol. The Kier molecular flexibility index (Phi) is 8.34. The summed E-state index contributed by atoms with van der Waals surface area (Å²) in [4.78, 5) is 42.4. The first-order valence-corrected chi connectivity index (χ1v) is 12.3. The molecular formula is C26H26N4O4S.